The van der Waals surface area contributed by atoms with Crippen LogP contribution in [-0.2, 0) is 9.53 Å². The molecule has 0 aromatic heterocycles. The molecule has 1 saturated heterocycles. The first-order chi connectivity index (χ1) is 9.52. The van der Waals surface area contributed by atoms with Crippen LogP contribution in [0, 0.1) is 11.7 Å². The Morgan fingerprint density at radius 2 is 2.20 bits per heavy atom. The lowest BCUT2D eigenvalue weighted by molar-refractivity contribution is -0.146. The quantitative estimate of drug-likeness (QED) is 0.775. The lowest BCUT2D eigenvalue weighted by Gasteiger charge is -2.31. The molecule has 2 rings (SSSR count). The van der Waals surface area contributed by atoms with Crippen molar-refractivity contribution in [2.75, 3.05) is 20.2 Å². The van der Waals surface area contributed by atoms with Crippen LogP contribution in [-0.4, -0.2) is 37.0 Å². The summed E-state index contributed by atoms with van der Waals surface area (Å²) in [6.07, 6.45) is 1.48. The lowest BCUT2D eigenvalue weighted by Crippen LogP contribution is -2.42. The van der Waals surface area contributed by atoms with Crippen LogP contribution in [0.2, 0.25) is 0 Å². The Hall–Kier alpha value is -1.43. The van der Waals surface area contributed by atoms with Gasteiger partial charge in [0.05, 0.1) is 18.6 Å². The molecule has 1 aliphatic rings. The molecular weight excluding hydrogens is 329 g/mol. The molecule has 1 amide bonds. The SMILES string of the molecule is COC(=O)C1CCCN(C(=O)c2ccc(F)cc2Br)C1. The predicted octanol–water partition coefficient (Wildman–Crippen LogP) is 2.61. The van der Waals surface area contributed by atoms with E-state index in [1.807, 2.05) is 0 Å². The van der Waals surface area contributed by atoms with Crippen LogP contribution in [0.4, 0.5) is 4.39 Å². The minimum absolute atomic E-state index is 0.203. The predicted molar refractivity (Wildman–Crippen MR) is 74.7 cm³/mol. The van der Waals surface area contributed by atoms with Gasteiger partial charge in [0.15, 0.2) is 0 Å². The van der Waals surface area contributed by atoms with E-state index in [-0.39, 0.29) is 17.8 Å². The summed E-state index contributed by atoms with van der Waals surface area (Å²) in [6, 6.07) is 3.96. The molecule has 0 aliphatic carbocycles. The number of nitrogens with zero attached hydrogens (tertiary/aromatic N) is 1. The topological polar surface area (TPSA) is 46.6 Å². The second-order valence-electron chi connectivity index (χ2n) is 4.74. The average molecular weight is 344 g/mol. The summed E-state index contributed by atoms with van der Waals surface area (Å²) in [7, 11) is 1.35. The normalized spacial score (nSPS) is 18.8. The van der Waals surface area contributed by atoms with Crippen LogP contribution in [0.3, 0.4) is 0 Å². The average Bonchev–Trinajstić information content (AvgIpc) is 2.46. The van der Waals surface area contributed by atoms with Gasteiger partial charge in [0.1, 0.15) is 5.82 Å². The number of amides is 1. The standard InChI is InChI=1S/C14H15BrFNO3/c1-20-14(19)9-3-2-6-17(8-9)13(18)11-5-4-10(16)7-12(11)15/h4-5,7,9H,2-3,6,8H2,1H3. The number of rotatable bonds is 2. The first-order valence-corrected chi connectivity index (χ1v) is 7.14. The Morgan fingerprint density at radius 3 is 2.85 bits per heavy atom. The maximum Gasteiger partial charge on any atom is 0.310 e. The molecular formula is C14H15BrFNO3. The minimum Gasteiger partial charge on any atom is -0.469 e. The highest BCUT2D eigenvalue weighted by Gasteiger charge is 2.30. The molecule has 0 radical (unpaired) electrons. The molecule has 0 N–H and O–H groups in total. The molecule has 1 unspecified atom stereocenters. The fraction of sp³-hybridized carbons (Fsp3) is 0.429. The van der Waals surface area contributed by atoms with E-state index >= 15 is 0 Å². The van der Waals surface area contributed by atoms with Gasteiger partial charge >= 0.3 is 5.97 Å². The number of benzene rings is 1. The van der Waals surface area contributed by atoms with Crippen molar-refractivity contribution in [2.24, 2.45) is 5.92 Å². The summed E-state index contributed by atoms with van der Waals surface area (Å²) in [4.78, 5) is 25.6. The molecule has 0 saturated carbocycles. The number of carbonyl (C=O) groups is 2. The maximum absolute atomic E-state index is 13.1. The van der Waals surface area contributed by atoms with Crippen molar-refractivity contribution in [2.45, 2.75) is 12.8 Å². The number of likely N-dealkylation sites (tertiary alicyclic amines) is 1. The Bertz CT molecular complexity index is 535. The number of carbonyl (C=O) groups excluding carboxylic acids is 2. The fourth-order valence-corrected chi connectivity index (χ4v) is 2.87. The van der Waals surface area contributed by atoms with E-state index in [9.17, 15) is 14.0 Å². The monoisotopic (exact) mass is 343 g/mol. The van der Waals surface area contributed by atoms with Crippen LogP contribution in [0.25, 0.3) is 0 Å². The molecule has 1 heterocycles. The molecule has 4 nitrogen and oxygen atoms in total. The van der Waals surface area contributed by atoms with E-state index in [1.54, 1.807) is 4.90 Å². The number of piperidine rings is 1. The third-order valence-corrected chi connectivity index (χ3v) is 4.06. The van der Waals surface area contributed by atoms with E-state index in [1.165, 1.54) is 25.3 Å². The molecule has 20 heavy (non-hydrogen) atoms. The third kappa shape index (κ3) is 3.17. The van der Waals surface area contributed by atoms with Crippen LogP contribution in [0.5, 0.6) is 0 Å². The van der Waals surface area contributed by atoms with Gasteiger partial charge in [0, 0.05) is 17.6 Å². The number of hydrogen-bond donors (Lipinski definition) is 0. The van der Waals surface area contributed by atoms with Crippen LogP contribution < -0.4 is 0 Å². The number of methoxy groups -OCH3 is 1. The molecule has 1 atom stereocenters. The summed E-state index contributed by atoms with van der Waals surface area (Å²) in [5.74, 6) is -1.18. The van der Waals surface area contributed by atoms with Crippen molar-refractivity contribution in [1.82, 2.24) is 4.90 Å². The smallest absolute Gasteiger partial charge is 0.310 e. The lowest BCUT2D eigenvalue weighted by atomic mass is 9.97. The van der Waals surface area contributed by atoms with Gasteiger partial charge in [-0.25, -0.2) is 4.39 Å². The Balaban J connectivity index is 2.14. The third-order valence-electron chi connectivity index (χ3n) is 3.40. The van der Waals surface area contributed by atoms with Crippen molar-refractivity contribution >= 4 is 27.8 Å². The van der Waals surface area contributed by atoms with Crippen molar-refractivity contribution < 1.29 is 18.7 Å². The second-order valence-corrected chi connectivity index (χ2v) is 5.59. The number of ether oxygens (including phenoxy) is 1. The van der Waals surface area contributed by atoms with Gasteiger partial charge in [-0.1, -0.05) is 0 Å². The zero-order chi connectivity index (χ0) is 14.7. The summed E-state index contributed by atoms with van der Waals surface area (Å²) in [6.45, 7) is 0.936. The number of esters is 1. The molecule has 1 fully saturated rings. The Morgan fingerprint density at radius 1 is 1.45 bits per heavy atom. The highest BCUT2D eigenvalue weighted by molar-refractivity contribution is 9.10. The van der Waals surface area contributed by atoms with Gasteiger partial charge < -0.3 is 9.64 Å². The van der Waals surface area contributed by atoms with Gasteiger partial charge in [-0.15, -0.1) is 0 Å². The van der Waals surface area contributed by atoms with Gasteiger partial charge in [0.2, 0.25) is 0 Å². The molecule has 0 bridgehead atoms. The largest absolute Gasteiger partial charge is 0.469 e. The summed E-state index contributed by atoms with van der Waals surface area (Å²) >= 11 is 3.19. The highest BCUT2D eigenvalue weighted by Crippen LogP contribution is 2.23. The van der Waals surface area contributed by atoms with Gasteiger partial charge in [-0.3, -0.25) is 9.59 Å². The van der Waals surface area contributed by atoms with Crippen molar-refractivity contribution in [1.29, 1.82) is 0 Å². The summed E-state index contributed by atoms with van der Waals surface area (Å²) in [5, 5.41) is 0. The Kier molecular flexibility index (Phi) is 4.75. The van der Waals surface area contributed by atoms with Crippen molar-refractivity contribution in [3.05, 3.63) is 34.1 Å². The van der Waals surface area contributed by atoms with Crippen LogP contribution in [0.1, 0.15) is 23.2 Å². The highest BCUT2D eigenvalue weighted by atomic mass is 79.9. The van der Waals surface area contributed by atoms with Gasteiger partial charge in [-0.2, -0.15) is 0 Å². The van der Waals surface area contributed by atoms with E-state index in [2.05, 4.69) is 15.9 Å². The summed E-state index contributed by atoms with van der Waals surface area (Å²) in [5.41, 5.74) is 0.400. The first-order valence-electron chi connectivity index (χ1n) is 6.35. The van der Waals surface area contributed by atoms with E-state index in [0.717, 1.165) is 12.8 Å². The second kappa shape index (κ2) is 6.35. The van der Waals surface area contributed by atoms with Gasteiger partial charge in [-0.05, 0) is 47.0 Å². The van der Waals surface area contributed by atoms with Gasteiger partial charge in [0.25, 0.3) is 5.91 Å². The molecule has 6 heteroatoms. The molecule has 1 aromatic rings. The van der Waals surface area contributed by atoms with Crippen LogP contribution >= 0.6 is 15.9 Å². The maximum atomic E-state index is 13.1. The summed E-state index contributed by atoms with van der Waals surface area (Å²) < 4.78 is 18.2. The first kappa shape index (κ1) is 15.0. The minimum atomic E-state index is -0.403. The van der Waals surface area contributed by atoms with E-state index in [4.69, 9.17) is 4.74 Å². The molecule has 1 aliphatic heterocycles. The van der Waals surface area contributed by atoms with E-state index < -0.39 is 5.82 Å². The molecule has 108 valence electrons. The van der Waals surface area contributed by atoms with Crippen molar-refractivity contribution in [3.8, 4) is 0 Å². The zero-order valence-electron chi connectivity index (χ0n) is 11.1. The Labute approximate surface area is 125 Å². The van der Waals surface area contributed by atoms with Crippen LogP contribution in [0.15, 0.2) is 22.7 Å². The number of hydrogen-bond acceptors (Lipinski definition) is 3. The van der Waals surface area contributed by atoms with Crippen molar-refractivity contribution in [3.63, 3.8) is 0 Å². The molecule has 1 aromatic carbocycles. The zero-order valence-corrected chi connectivity index (χ0v) is 12.7. The fourth-order valence-electron chi connectivity index (χ4n) is 2.35. The number of halogens is 2. The van der Waals surface area contributed by atoms with E-state index in [0.29, 0.717) is 23.1 Å². The molecule has 0 spiro atoms.